The van der Waals surface area contributed by atoms with Crippen molar-refractivity contribution in [3.05, 3.63) is 0 Å². The minimum Gasteiger partial charge on any atom is -0.324 e. The zero-order valence-electron chi connectivity index (χ0n) is 10.8. The predicted octanol–water partition coefficient (Wildman–Crippen LogP) is 1.22. The zero-order chi connectivity index (χ0) is 12.7. The fourth-order valence-electron chi connectivity index (χ4n) is 0.877. The highest BCUT2D eigenvalue weighted by molar-refractivity contribution is 7.91. The summed E-state index contributed by atoms with van der Waals surface area (Å²) in [6, 6.07) is 0. The van der Waals surface area contributed by atoms with E-state index in [0.717, 1.165) is 0 Å². The standard InChI is InChI=1S/C10H24N2O2S/c1-8(2,3)12-15(13,14)10(6,7)9(4,5)11/h12H,11H2,1-7H3. The molecule has 0 aromatic rings. The Morgan fingerprint density at radius 1 is 0.933 bits per heavy atom. The number of sulfonamides is 1. The van der Waals surface area contributed by atoms with E-state index in [1.54, 1.807) is 27.7 Å². The summed E-state index contributed by atoms with van der Waals surface area (Å²) in [5.41, 5.74) is 4.61. The summed E-state index contributed by atoms with van der Waals surface area (Å²) >= 11 is 0. The first-order chi connectivity index (χ1) is 6.21. The average molecular weight is 236 g/mol. The molecule has 0 rings (SSSR count). The third-order valence-corrected chi connectivity index (χ3v) is 5.41. The first kappa shape index (κ1) is 14.9. The fraction of sp³-hybridized carbons (Fsp3) is 1.00. The van der Waals surface area contributed by atoms with E-state index in [1.165, 1.54) is 0 Å². The van der Waals surface area contributed by atoms with E-state index in [0.29, 0.717) is 0 Å². The van der Waals surface area contributed by atoms with Gasteiger partial charge in [0.25, 0.3) is 0 Å². The summed E-state index contributed by atoms with van der Waals surface area (Å²) in [6.45, 7) is 12.1. The molecule has 0 aliphatic carbocycles. The molecule has 0 aliphatic rings. The van der Waals surface area contributed by atoms with Crippen LogP contribution in [0.15, 0.2) is 0 Å². The third kappa shape index (κ3) is 3.43. The molecule has 92 valence electrons. The maximum atomic E-state index is 12.1. The molecule has 0 bridgehead atoms. The van der Waals surface area contributed by atoms with Gasteiger partial charge in [-0.1, -0.05) is 0 Å². The number of hydrogen-bond acceptors (Lipinski definition) is 3. The van der Waals surface area contributed by atoms with Crippen LogP contribution >= 0.6 is 0 Å². The van der Waals surface area contributed by atoms with E-state index >= 15 is 0 Å². The molecular weight excluding hydrogens is 212 g/mol. The lowest BCUT2D eigenvalue weighted by molar-refractivity contribution is 0.371. The van der Waals surface area contributed by atoms with E-state index in [-0.39, 0.29) is 0 Å². The highest BCUT2D eigenvalue weighted by Crippen LogP contribution is 2.28. The van der Waals surface area contributed by atoms with Gasteiger partial charge in [-0.2, -0.15) is 0 Å². The summed E-state index contributed by atoms with van der Waals surface area (Å²) in [5.74, 6) is 0. The summed E-state index contributed by atoms with van der Waals surface area (Å²) < 4.78 is 25.9. The van der Waals surface area contributed by atoms with Crippen molar-refractivity contribution in [1.82, 2.24) is 4.72 Å². The van der Waals surface area contributed by atoms with Gasteiger partial charge in [0.15, 0.2) is 0 Å². The van der Waals surface area contributed by atoms with Gasteiger partial charge in [-0.05, 0) is 48.5 Å². The third-order valence-electron chi connectivity index (χ3n) is 2.66. The smallest absolute Gasteiger partial charge is 0.219 e. The Morgan fingerprint density at radius 3 is 1.47 bits per heavy atom. The summed E-state index contributed by atoms with van der Waals surface area (Å²) in [7, 11) is -3.45. The largest absolute Gasteiger partial charge is 0.324 e. The van der Waals surface area contributed by atoms with E-state index in [1.807, 2.05) is 20.8 Å². The molecule has 0 unspecified atom stereocenters. The van der Waals surface area contributed by atoms with Crippen molar-refractivity contribution in [2.45, 2.75) is 64.3 Å². The van der Waals surface area contributed by atoms with Crippen molar-refractivity contribution in [3.8, 4) is 0 Å². The van der Waals surface area contributed by atoms with Gasteiger partial charge in [0, 0.05) is 11.1 Å². The number of hydrogen-bond donors (Lipinski definition) is 2. The number of nitrogens with two attached hydrogens (primary N) is 1. The first-order valence-electron chi connectivity index (χ1n) is 5.03. The van der Waals surface area contributed by atoms with Crippen LogP contribution in [-0.4, -0.2) is 24.2 Å². The molecule has 5 heteroatoms. The lowest BCUT2D eigenvalue weighted by Gasteiger charge is -2.39. The van der Waals surface area contributed by atoms with E-state index < -0.39 is 25.8 Å². The van der Waals surface area contributed by atoms with Gasteiger partial charge in [-0.25, -0.2) is 13.1 Å². The highest BCUT2D eigenvalue weighted by Gasteiger charge is 2.46. The summed E-state index contributed by atoms with van der Waals surface area (Å²) in [6.07, 6.45) is 0. The molecule has 0 aromatic heterocycles. The lowest BCUT2D eigenvalue weighted by Crippen LogP contribution is -2.62. The van der Waals surface area contributed by atoms with E-state index in [4.69, 9.17) is 5.73 Å². The van der Waals surface area contributed by atoms with Crippen LogP contribution in [0.25, 0.3) is 0 Å². The van der Waals surface area contributed by atoms with Gasteiger partial charge in [0.05, 0.1) is 4.75 Å². The molecule has 0 aromatic carbocycles. The molecule has 0 fully saturated rings. The van der Waals surface area contributed by atoms with Crippen molar-refractivity contribution >= 4 is 10.0 Å². The van der Waals surface area contributed by atoms with Gasteiger partial charge in [0.1, 0.15) is 0 Å². The van der Waals surface area contributed by atoms with Gasteiger partial charge < -0.3 is 5.73 Å². The van der Waals surface area contributed by atoms with Crippen LogP contribution in [0.1, 0.15) is 48.5 Å². The van der Waals surface area contributed by atoms with Crippen molar-refractivity contribution in [2.24, 2.45) is 5.73 Å². The van der Waals surface area contributed by atoms with Gasteiger partial charge in [0.2, 0.25) is 10.0 Å². The molecule has 4 nitrogen and oxygen atoms in total. The fourth-order valence-corrected chi connectivity index (χ4v) is 2.63. The molecule has 0 saturated heterocycles. The lowest BCUT2D eigenvalue weighted by atomic mass is 9.91. The number of rotatable bonds is 3. The Bertz CT molecular complexity index is 318. The second kappa shape index (κ2) is 3.71. The van der Waals surface area contributed by atoms with Crippen LogP contribution in [0.4, 0.5) is 0 Å². The Balaban J connectivity index is 5.24. The minimum absolute atomic E-state index is 0.485. The molecule has 0 heterocycles. The Hall–Kier alpha value is -0.130. The first-order valence-corrected chi connectivity index (χ1v) is 6.51. The van der Waals surface area contributed by atoms with Crippen LogP contribution in [0, 0.1) is 0 Å². The van der Waals surface area contributed by atoms with Gasteiger partial charge in [-0.3, -0.25) is 0 Å². The van der Waals surface area contributed by atoms with Crippen LogP contribution in [0.5, 0.6) is 0 Å². The summed E-state index contributed by atoms with van der Waals surface area (Å²) in [4.78, 5) is 0. The zero-order valence-corrected chi connectivity index (χ0v) is 11.6. The number of nitrogens with one attached hydrogen (secondary N) is 1. The van der Waals surface area contributed by atoms with Crippen molar-refractivity contribution < 1.29 is 8.42 Å². The maximum absolute atomic E-state index is 12.1. The van der Waals surface area contributed by atoms with Crippen LogP contribution in [0.3, 0.4) is 0 Å². The topological polar surface area (TPSA) is 72.2 Å². The van der Waals surface area contributed by atoms with Gasteiger partial charge in [-0.15, -0.1) is 0 Å². The SMILES string of the molecule is CC(C)(C)NS(=O)(=O)C(C)(C)C(C)(C)N. The molecule has 0 saturated carbocycles. The highest BCUT2D eigenvalue weighted by atomic mass is 32.2. The molecule has 0 amide bonds. The molecule has 0 atom stereocenters. The predicted molar refractivity (Wildman–Crippen MR) is 64.2 cm³/mol. The average Bonchev–Trinajstić information content (AvgIpc) is 1.77. The summed E-state index contributed by atoms with van der Waals surface area (Å²) in [5, 5.41) is 0. The quantitative estimate of drug-likeness (QED) is 0.774. The molecule has 3 N–H and O–H groups in total. The Labute approximate surface area is 93.7 Å². The second-order valence-electron chi connectivity index (χ2n) is 6.09. The minimum atomic E-state index is -3.45. The molecule has 0 spiro atoms. The van der Waals surface area contributed by atoms with Crippen molar-refractivity contribution in [2.75, 3.05) is 0 Å². The Morgan fingerprint density at radius 2 is 1.27 bits per heavy atom. The monoisotopic (exact) mass is 236 g/mol. The maximum Gasteiger partial charge on any atom is 0.219 e. The molecule has 0 aliphatic heterocycles. The normalized spacial score (nSPS) is 15.5. The van der Waals surface area contributed by atoms with Crippen LogP contribution in [0.2, 0.25) is 0 Å². The van der Waals surface area contributed by atoms with Crippen molar-refractivity contribution in [1.29, 1.82) is 0 Å². The molecule has 0 radical (unpaired) electrons. The molecule has 15 heavy (non-hydrogen) atoms. The van der Waals surface area contributed by atoms with Crippen LogP contribution in [-0.2, 0) is 10.0 Å². The molecular formula is C10H24N2O2S. The van der Waals surface area contributed by atoms with Crippen LogP contribution < -0.4 is 10.5 Å². The van der Waals surface area contributed by atoms with Crippen molar-refractivity contribution in [3.63, 3.8) is 0 Å². The Kier molecular flexibility index (Phi) is 3.68. The van der Waals surface area contributed by atoms with Gasteiger partial charge >= 0.3 is 0 Å². The second-order valence-corrected chi connectivity index (χ2v) is 8.32. The van der Waals surface area contributed by atoms with E-state index in [2.05, 4.69) is 4.72 Å². The van der Waals surface area contributed by atoms with E-state index in [9.17, 15) is 8.42 Å².